The third kappa shape index (κ3) is 8.23. The van der Waals surface area contributed by atoms with E-state index >= 15 is 0 Å². The van der Waals surface area contributed by atoms with Crippen LogP contribution >= 0.6 is 11.6 Å². The Kier molecular flexibility index (Phi) is 10.6. The van der Waals surface area contributed by atoms with Crippen molar-refractivity contribution in [1.82, 2.24) is 0 Å². The molecule has 0 aromatic heterocycles. The largest absolute Gasteiger partial charge is 0.495 e. The lowest BCUT2D eigenvalue weighted by atomic mass is 10.0. The van der Waals surface area contributed by atoms with E-state index in [-0.39, 0.29) is 5.92 Å². The number of halogens is 1. The van der Waals surface area contributed by atoms with Crippen LogP contribution in [-0.4, -0.2) is 37.7 Å². The Balaban J connectivity index is 1.32. The van der Waals surface area contributed by atoms with Crippen LogP contribution in [-0.2, 0) is 14.3 Å². The first-order valence-corrected chi connectivity index (χ1v) is 14.3. The molecule has 0 amide bonds. The Bertz CT molecular complexity index is 1560. The van der Waals surface area contributed by atoms with Gasteiger partial charge in [-0.2, -0.15) is 0 Å². The molecule has 0 aliphatic carbocycles. The molecule has 7 nitrogen and oxygen atoms in total. The first-order chi connectivity index (χ1) is 20.7. The third-order valence-corrected chi connectivity index (χ3v) is 7.24. The van der Waals surface area contributed by atoms with Crippen molar-refractivity contribution in [2.24, 2.45) is 5.92 Å². The summed E-state index contributed by atoms with van der Waals surface area (Å²) in [5.74, 6) is -0.423. The minimum atomic E-state index is -1.00. The van der Waals surface area contributed by atoms with Crippen molar-refractivity contribution in [3.8, 4) is 33.8 Å². The summed E-state index contributed by atoms with van der Waals surface area (Å²) in [6, 6.07) is 26.4. The fourth-order valence-electron chi connectivity index (χ4n) is 4.06. The highest BCUT2D eigenvalue weighted by atomic mass is 35.5. The Morgan fingerprint density at radius 3 is 1.77 bits per heavy atom. The lowest BCUT2D eigenvalue weighted by molar-refractivity contribution is -0.154. The predicted molar refractivity (Wildman–Crippen MR) is 166 cm³/mol. The van der Waals surface area contributed by atoms with Gasteiger partial charge in [0.1, 0.15) is 11.5 Å². The van der Waals surface area contributed by atoms with Gasteiger partial charge in [-0.15, -0.1) is 0 Å². The van der Waals surface area contributed by atoms with Gasteiger partial charge in [-0.05, 0) is 83.6 Å². The molecular formula is C35H33ClO7. The molecule has 0 spiro atoms. The quantitative estimate of drug-likeness (QED) is 0.127. The van der Waals surface area contributed by atoms with E-state index < -0.39 is 24.0 Å². The summed E-state index contributed by atoms with van der Waals surface area (Å²) >= 11 is 6.23. The molecule has 4 rings (SSSR count). The molecule has 0 N–H and O–H groups in total. The fraction of sp³-hybridized carbons (Fsp3) is 0.229. The Morgan fingerprint density at radius 1 is 0.721 bits per heavy atom. The van der Waals surface area contributed by atoms with Crippen LogP contribution in [0, 0.1) is 5.92 Å². The number of benzene rings is 4. The second-order valence-corrected chi connectivity index (χ2v) is 10.5. The van der Waals surface area contributed by atoms with Crippen LogP contribution < -0.4 is 9.47 Å². The van der Waals surface area contributed by atoms with Crippen molar-refractivity contribution in [2.75, 3.05) is 13.7 Å². The number of carbonyl (C=O) groups is 3. The zero-order valence-electron chi connectivity index (χ0n) is 24.5. The van der Waals surface area contributed by atoms with Gasteiger partial charge in [0, 0.05) is 0 Å². The smallest absolute Gasteiger partial charge is 0.347 e. The number of esters is 3. The van der Waals surface area contributed by atoms with Crippen molar-refractivity contribution in [3.05, 3.63) is 107 Å². The highest BCUT2D eigenvalue weighted by molar-refractivity contribution is 6.32. The highest BCUT2D eigenvalue weighted by Gasteiger charge is 2.21. The van der Waals surface area contributed by atoms with Crippen molar-refractivity contribution >= 4 is 29.5 Å². The van der Waals surface area contributed by atoms with E-state index in [1.54, 1.807) is 61.7 Å². The van der Waals surface area contributed by atoms with Gasteiger partial charge in [0.2, 0.25) is 0 Å². The van der Waals surface area contributed by atoms with E-state index in [1.165, 1.54) is 6.92 Å². The van der Waals surface area contributed by atoms with Crippen LogP contribution in [0.3, 0.4) is 0 Å². The molecule has 0 bridgehead atoms. The van der Waals surface area contributed by atoms with Crippen LogP contribution in [0.25, 0.3) is 22.3 Å². The SMILES string of the molecule is CCC(C)COC(=O)C(C)OC(=O)c1ccc(-c2ccc(OC(=O)c3ccc(-c4ccc(OC)c(Cl)c4)cc3)cc2)cc1. The molecule has 8 heteroatoms. The molecule has 0 radical (unpaired) electrons. The van der Waals surface area contributed by atoms with E-state index in [1.807, 2.05) is 50.2 Å². The number of carbonyl (C=O) groups excluding carboxylic acids is 3. The van der Waals surface area contributed by atoms with Gasteiger partial charge >= 0.3 is 17.9 Å². The molecule has 0 heterocycles. The van der Waals surface area contributed by atoms with Crippen molar-refractivity contribution in [2.45, 2.75) is 33.3 Å². The van der Waals surface area contributed by atoms with Crippen molar-refractivity contribution in [1.29, 1.82) is 0 Å². The molecule has 4 aromatic rings. The zero-order valence-corrected chi connectivity index (χ0v) is 25.2. The van der Waals surface area contributed by atoms with Gasteiger partial charge in [-0.3, -0.25) is 0 Å². The maximum atomic E-state index is 12.7. The molecule has 0 saturated carbocycles. The molecular weight excluding hydrogens is 568 g/mol. The van der Waals surface area contributed by atoms with E-state index in [4.69, 9.17) is 30.5 Å². The number of rotatable bonds is 11. The second kappa shape index (κ2) is 14.5. The second-order valence-electron chi connectivity index (χ2n) is 10.1. The average Bonchev–Trinajstić information content (AvgIpc) is 3.03. The van der Waals surface area contributed by atoms with E-state index in [0.29, 0.717) is 34.3 Å². The molecule has 0 aliphatic heterocycles. The summed E-state index contributed by atoms with van der Waals surface area (Å²) in [6.45, 7) is 5.78. The third-order valence-electron chi connectivity index (χ3n) is 6.95. The van der Waals surface area contributed by atoms with Crippen LogP contribution in [0.5, 0.6) is 11.5 Å². The first kappa shape index (κ1) is 31.3. The topological polar surface area (TPSA) is 88.1 Å². The monoisotopic (exact) mass is 600 g/mol. The fourth-order valence-corrected chi connectivity index (χ4v) is 4.32. The van der Waals surface area contributed by atoms with Gasteiger partial charge in [0.25, 0.3) is 0 Å². The van der Waals surface area contributed by atoms with Gasteiger partial charge < -0.3 is 18.9 Å². The molecule has 4 aromatic carbocycles. The highest BCUT2D eigenvalue weighted by Crippen LogP contribution is 2.30. The lowest BCUT2D eigenvalue weighted by Gasteiger charge is -2.15. The van der Waals surface area contributed by atoms with Gasteiger partial charge in [0.15, 0.2) is 6.10 Å². The minimum absolute atomic E-state index is 0.241. The summed E-state index contributed by atoms with van der Waals surface area (Å²) in [6.07, 6.45) is -0.115. The maximum absolute atomic E-state index is 12.7. The van der Waals surface area contributed by atoms with Crippen LogP contribution in [0.1, 0.15) is 47.9 Å². The van der Waals surface area contributed by atoms with Gasteiger partial charge in [-0.25, -0.2) is 14.4 Å². The minimum Gasteiger partial charge on any atom is -0.495 e. The molecule has 0 aliphatic rings. The van der Waals surface area contributed by atoms with Crippen molar-refractivity contribution in [3.63, 3.8) is 0 Å². The summed E-state index contributed by atoms with van der Waals surface area (Å²) in [4.78, 5) is 37.3. The number of hydrogen-bond donors (Lipinski definition) is 0. The Labute approximate surface area is 256 Å². The number of methoxy groups -OCH3 is 1. The summed E-state index contributed by atoms with van der Waals surface area (Å²) < 4.78 is 21.2. The molecule has 2 unspecified atom stereocenters. The van der Waals surface area contributed by atoms with Crippen LogP contribution in [0.4, 0.5) is 0 Å². The van der Waals surface area contributed by atoms with E-state index in [0.717, 1.165) is 28.7 Å². The Morgan fingerprint density at radius 2 is 1.23 bits per heavy atom. The van der Waals surface area contributed by atoms with Crippen LogP contribution in [0.15, 0.2) is 91.0 Å². The van der Waals surface area contributed by atoms with Crippen molar-refractivity contribution < 1.29 is 33.3 Å². The van der Waals surface area contributed by atoms with E-state index in [9.17, 15) is 14.4 Å². The summed E-state index contributed by atoms with van der Waals surface area (Å²) in [7, 11) is 1.56. The van der Waals surface area contributed by atoms with E-state index in [2.05, 4.69) is 0 Å². The molecule has 222 valence electrons. The average molecular weight is 601 g/mol. The summed E-state index contributed by atoms with van der Waals surface area (Å²) in [5.41, 5.74) is 4.25. The number of hydrogen-bond acceptors (Lipinski definition) is 7. The molecule has 43 heavy (non-hydrogen) atoms. The van der Waals surface area contributed by atoms with Gasteiger partial charge in [0.05, 0.1) is 29.9 Å². The lowest BCUT2D eigenvalue weighted by Crippen LogP contribution is -2.27. The maximum Gasteiger partial charge on any atom is 0.347 e. The normalized spacial score (nSPS) is 12.1. The molecule has 0 fully saturated rings. The summed E-state index contributed by atoms with van der Waals surface area (Å²) in [5, 5.41) is 0.506. The zero-order chi connectivity index (χ0) is 30.9. The molecule has 2 atom stereocenters. The van der Waals surface area contributed by atoms with Gasteiger partial charge in [-0.1, -0.05) is 74.3 Å². The standard InChI is InChI=1S/C35H33ClO7/c1-5-22(2)21-41-33(37)23(3)42-34(38)27-10-6-24(7-11-27)25-14-17-30(18-15-25)43-35(39)28-12-8-26(9-13-28)29-16-19-32(40-4)31(36)20-29/h6-20,22-23H,5,21H2,1-4H3. The predicted octanol–water partition coefficient (Wildman–Crippen LogP) is 8.04. The Hall–Kier alpha value is -4.62. The number of ether oxygens (including phenoxy) is 4. The van der Waals surface area contributed by atoms with Crippen LogP contribution in [0.2, 0.25) is 5.02 Å². The molecule has 0 saturated heterocycles. The first-order valence-electron chi connectivity index (χ1n) is 13.9.